The Balaban J connectivity index is 2.83. The van der Waals surface area contributed by atoms with E-state index in [0.29, 0.717) is 12.1 Å². The Kier molecular flexibility index (Phi) is 4.55. The first-order valence-electron chi connectivity index (χ1n) is 5.52. The largest absolute Gasteiger partial charge is 0.388 e. The van der Waals surface area contributed by atoms with E-state index in [4.69, 9.17) is 5.26 Å². The Bertz CT molecular complexity index is 436. The Morgan fingerprint density at radius 2 is 2.18 bits per heavy atom. The molecule has 0 saturated heterocycles. The molecule has 0 heterocycles. The van der Waals surface area contributed by atoms with Gasteiger partial charge in [0.05, 0.1) is 16.9 Å². The zero-order chi connectivity index (χ0) is 13.1. The van der Waals surface area contributed by atoms with E-state index in [-0.39, 0.29) is 5.92 Å². The molecule has 0 bridgehead atoms. The average Bonchev–Trinajstić information content (AvgIpc) is 2.26. The van der Waals surface area contributed by atoms with Gasteiger partial charge in [0, 0.05) is 11.0 Å². The third-order valence-corrected chi connectivity index (χ3v) is 3.48. The third-order valence-electron chi connectivity index (χ3n) is 2.98. The Morgan fingerprint density at radius 1 is 1.53 bits per heavy atom. The third kappa shape index (κ3) is 3.72. The lowest BCUT2D eigenvalue weighted by atomic mass is 9.92. The monoisotopic (exact) mass is 296 g/mol. The van der Waals surface area contributed by atoms with Crippen LogP contribution in [0, 0.1) is 17.2 Å². The number of halogens is 1. The summed E-state index contributed by atoms with van der Waals surface area (Å²) in [6.45, 7) is 6.13. The van der Waals surface area contributed by atoms with Gasteiger partial charge in [0.15, 0.2) is 0 Å². The summed E-state index contributed by atoms with van der Waals surface area (Å²) in [5.41, 5.74) is 0.519. The molecule has 0 aromatic heterocycles. The van der Waals surface area contributed by atoms with E-state index in [1.807, 2.05) is 26.0 Å². The predicted molar refractivity (Wildman–Crippen MR) is 72.8 cm³/mol. The molecule has 0 radical (unpaired) electrons. The normalized spacial score (nSPS) is 14.2. The molecule has 2 N–H and O–H groups in total. The second-order valence-corrected chi connectivity index (χ2v) is 5.58. The van der Waals surface area contributed by atoms with Crippen LogP contribution < -0.4 is 5.32 Å². The van der Waals surface area contributed by atoms with Gasteiger partial charge in [-0.25, -0.2) is 0 Å². The van der Waals surface area contributed by atoms with Crippen LogP contribution in [-0.2, 0) is 0 Å². The van der Waals surface area contributed by atoms with E-state index in [1.165, 1.54) is 0 Å². The van der Waals surface area contributed by atoms with E-state index in [0.717, 1.165) is 10.2 Å². The number of rotatable bonds is 4. The molecule has 1 atom stereocenters. The number of hydrogen-bond donors (Lipinski definition) is 2. The number of nitrogens with zero attached hydrogens (tertiary/aromatic N) is 1. The molecule has 0 aliphatic carbocycles. The van der Waals surface area contributed by atoms with Crippen molar-refractivity contribution in [2.24, 2.45) is 5.92 Å². The molecule has 0 aliphatic heterocycles. The number of nitrogens with one attached hydrogen (secondary N) is 1. The van der Waals surface area contributed by atoms with Crippen molar-refractivity contribution in [3.8, 4) is 6.07 Å². The van der Waals surface area contributed by atoms with Gasteiger partial charge in [-0.2, -0.15) is 5.26 Å². The van der Waals surface area contributed by atoms with Gasteiger partial charge in [-0.15, -0.1) is 0 Å². The lowest BCUT2D eigenvalue weighted by Crippen LogP contribution is -2.38. The van der Waals surface area contributed by atoms with Crippen molar-refractivity contribution in [2.75, 3.05) is 11.9 Å². The van der Waals surface area contributed by atoms with Gasteiger partial charge in [0.25, 0.3) is 0 Å². The van der Waals surface area contributed by atoms with Gasteiger partial charge in [-0.1, -0.05) is 29.8 Å². The fourth-order valence-corrected chi connectivity index (χ4v) is 1.60. The molecule has 0 fully saturated rings. The molecule has 0 saturated carbocycles. The highest BCUT2D eigenvalue weighted by Crippen LogP contribution is 2.23. The number of benzene rings is 1. The molecule has 1 unspecified atom stereocenters. The highest BCUT2D eigenvalue weighted by molar-refractivity contribution is 9.10. The summed E-state index contributed by atoms with van der Waals surface area (Å²) in [6, 6.07) is 7.54. The molecule has 1 aromatic rings. The molecule has 1 aromatic carbocycles. The van der Waals surface area contributed by atoms with Crippen molar-refractivity contribution in [3.05, 3.63) is 28.2 Å². The van der Waals surface area contributed by atoms with E-state index >= 15 is 0 Å². The number of nitriles is 1. The van der Waals surface area contributed by atoms with E-state index in [2.05, 4.69) is 27.3 Å². The fraction of sp³-hybridized carbons (Fsp3) is 0.462. The summed E-state index contributed by atoms with van der Waals surface area (Å²) >= 11 is 3.36. The summed E-state index contributed by atoms with van der Waals surface area (Å²) in [4.78, 5) is 0. The van der Waals surface area contributed by atoms with Gasteiger partial charge in [-0.3, -0.25) is 0 Å². The highest BCUT2D eigenvalue weighted by atomic mass is 79.9. The van der Waals surface area contributed by atoms with Crippen LogP contribution in [0.1, 0.15) is 26.3 Å². The lowest BCUT2D eigenvalue weighted by molar-refractivity contribution is 0.0266. The molecule has 17 heavy (non-hydrogen) atoms. The van der Waals surface area contributed by atoms with Crippen molar-refractivity contribution < 1.29 is 5.11 Å². The fourth-order valence-electron chi connectivity index (χ4n) is 1.24. The maximum Gasteiger partial charge on any atom is 0.101 e. The van der Waals surface area contributed by atoms with E-state index < -0.39 is 5.60 Å². The molecular weight excluding hydrogens is 280 g/mol. The first kappa shape index (κ1) is 14.0. The maximum atomic E-state index is 10.1. The zero-order valence-corrected chi connectivity index (χ0v) is 11.9. The smallest absolute Gasteiger partial charge is 0.101 e. The van der Waals surface area contributed by atoms with Gasteiger partial charge in [0.2, 0.25) is 0 Å². The van der Waals surface area contributed by atoms with Crippen LogP contribution >= 0.6 is 15.9 Å². The van der Waals surface area contributed by atoms with E-state index in [9.17, 15) is 5.11 Å². The predicted octanol–water partition coefficient (Wildman–Crippen LogP) is 3.14. The summed E-state index contributed by atoms with van der Waals surface area (Å²) in [5, 5.41) is 22.2. The summed E-state index contributed by atoms with van der Waals surface area (Å²) in [5.74, 6) is 0.146. The van der Waals surface area contributed by atoms with Crippen molar-refractivity contribution in [2.45, 2.75) is 26.4 Å². The van der Waals surface area contributed by atoms with Crippen LogP contribution in [0.25, 0.3) is 0 Å². The van der Waals surface area contributed by atoms with Crippen LogP contribution in [0.2, 0.25) is 0 Å². The minimum Gasteiger partial charge on any atom is -0.388 e. The number of aliphatic hydroxyl groups is 1. The van der Waals surface area contributed by atoms with Crippen molar-refractivity contribution in [1.82, 2.24) is 0 Å². The quantitative estimate of drug-likeness (QED) is 0.897. The van der Waals surface area contributed by atoms with Crippen molar-refractivity contribution >= 4 is 21.6 Å². The summed E-state index contributed by atoms with van der Waals surface area (Å²) in [7, 11) is 0. The molecule has 0 amide bonds. The minimum atomic E-state index is -0.797. The second-order valence-electron chi connectivity index (χ2n) is 4.67. The minimum absolute atomic E-state index is 0.146. The molecule has 92 valence electrons. The molecule has 1 rings (SSSR count). The topological polar surface area (TPSA) is 56.0 Å². The summed E-state index contributed by atoms with van der Waals surface area (Å²) in [6.07, 6.45) is 0. The first-order chi connectivity index (χ1) is 7.86. The summed E-state index contributed by atoms with van der Waals surface area (Å²) < 4.78 is 0.906. The average molecular weight is 297 g/mol. The molecule has 3 nitrogen and oxygen atoms in total. The molecule has 0 spiro atoms. The highest BCUT2D eigenvalue weighted by Gasteiger charge is 2.24. The number of anilines is 1. The molecule has 4 heteroatoms. The van der Waals surface area contributed by atoms with Gasteiger partial charge in [-0.05, 0) is 31.0 Å². The Morgan fingerprint density at radius 3 is 2.71 bits per heavy atom. The Labute approximate surface area is 111 Å². The zero-order valence-electron chi connectivity index (χ0n) is 10.3. The van der Waals surface area contributed by atoms with Crippen LogP contribution in [0.5, 0.6) is 0 Å². The van der Waals surface area contributed by atoms with Crippen molar-refractivity contribution in [1.29, 1.82) is 5.26 Å². The Hall–Kier alpha value is -1.05. The van der Waals surface area contributed by atoms with Gasteiger partial charge < -0.3 is 10.4 Å². The van der Waals surface area contributed by atoms with Crippen LogP contribution in [0.3, 0.4) is 0 Å². The number of hydrogen-bond acceptors (Lipinski definition) is 3. The standard InChI is InChI=1S/C13H17BrN2O/c1-9(2)13(3,17)8-16-12-6-11(14)5-4-10(12)7-15/h4-6,9,16-17H,8H2,1-3H3. The molecular formula is C13H17BrN2O. The van der Waals surface area contributed by atoms with Crippen LogP contribution in [0.4, 0.5) is 5.69 Å². The van der Waals surface area contributed by atoms with Crippen molar-refractivity contribution in [3.63, 3.8) is 0 Å². The van der Waals surface area contributed by atoms with E-state index in [1.54, 1.807) is 13.0 Å². The lowest BCUT2D eigenvalue weighted by Gasteiger charge is -2.28. The molecule has 0 aliphatic rings. The maximum absolute atomic E-state index is 10.1. The van der Waals surface area contributed by atoms with Gasteiger partial charge in [0.1, 0.15) is 6.07 Å². The SMILES string of the molecule is CC(C)C(C)(O)CNc1cc(Br)ccc1C#N. The van der Waals surface area contributed by atoms with Gasteiger partial charge >= 0.3 is 0 Å². The second kappa shape index (κ2) is 5.52. The first-order valence-corrected chi connectivity index (χ1v) is 6.32. The van der Waals surface area contributed by atoms with Crippen LogP contribution in [0.15, 0.2) is 22.7 Å². The van der Waals surface area contributed by atoms with Crippen LogP contribution in [-0.4, -0.2) is 17.3 Å².